The Morgan fingerprint density at radius 1 is 1.18 bits per heavy atom. The monoisotopic (exact) mass is 228 g/mol. The van der Waals surface area contributed by atoms with Crippen molar-refractivity contribution in [3.05, 3.63) is 46.6 Å². The van der Waals surface area contributed by atoms with Gasteiger partial charge in [0.1, 0.15) is 0 Å². The number of hydrogen-bond donors (Lipinski definition) is 0. The molecule has 0 heterocycles. The smallest absolute Gasteiger partial charge is 0.00801 e. The molecule has 1 unspecified atom stereocenters. The van der Waals surface area contributed by atoms with E-state index < -0.39 is 0 Å². The van der Waals surface area contributed by atoms with Crippen LogP contribution in [0.5, 0.6) is 0 Å². The van der Waals surface area contributed by atoms with E-state index in [4.69, 9.17) is 0 Å². The Morgan fingerprint density at radius 3 is 2.71 bits per heavy atom. The van der Waals surface area contributed by atoms with Crippen molar-refractivity contribution in [3.63, 3.8) is 0 Å². The molecular formula is C17H24. The zero-order valence-corrected chi connectivity index (χ0v) is 11.4. The van der Waals surface area contributed by atoms with Crippen LogP contribution >= 0.6 is 0 Å². The van der Waals surface area contributed by atoms with Gasteiger partial charge in [0.25, 0.3) is 0 Å². The molecule has 0 saturated heterocycles. The van der Waals surface area contributed by atoms with Gasteiger partial charge in [0.05, 0.1) is 0 Å². The van der Waals surface area contributed by atoms with Gasteiger partial charge in [-0.25, -0.2) is 0 Å². The van der Waals surface area contributed by atoms with E-state index in [1.165, 1.54) is 43.3 Å². The Balaban J connectivity index is 2.22. The SMILES string of the molecule is CCC1=CC(C2CC=C(C)C=C2C)=CCCC1. The lowest BCUT2D eigenvalue weighted by atomic mass is 9.83. The molecule has 0 radical (unpaired) electrons. The van der Waals surface area contributed by atoms with Crippen molar-refractivity contribution in [3.8, 4) is 0 Å². The molecule has 2 rings (SSSR count). The molecule has 0 heteroatoms. The summed E-state index contributed by atoms with van der Waals surface area (Å²) in [7, 11) is 0. The second-order valence-electron chi connectivity index (χ2n) is 5.38. The highest BCUT2D eigenvalue weighted by Crippen LogP contribution is 2.33. The Labute approximate surface area is 106 Å². The van der Waals surface area contributed by atoms with Crippen molar-refractivity contribution in [2.75, 3.05) is 0 Å². The lowest BCUT2D eigenvalue weighted by Gasteiger charge is -2.22. The largest absolute Gasteiger partial charge is 0.0807 e. The zero-order valence-electron chi connectivity index (χ0n) is 11.4. The minimum absolute atomic E-state index is 0.637. The third-order valence-corrected chi connectivity index (χ3v) is 3.99. The fourth-order valence-electron chi connectivity index (χ4n) is 2.89. The predicted molar refractivity (Wildman–Crippen MR) is 75.9 cm³/mol. The van der Waals surface area contributed by atoms with E-state index >= 15 is 0 Å². The van der Waals surface area contributed by atoms with Crippen LogP contribution in [0.15, 0.2) is 46.6 Å². The highest BCUT2D eigenvalue weighted by Gasteiger charge is 2.18. The van der Waals surface area contributed by atoms with E-state index in [0.717, 1.165) is 0 Å². The summed E-state index contributed by atoms with van der Waals surface area (Å²) in [5, 5.41) is 0. The van der Waals surface area contributed by atoms with Gasteiger partial charge in [-0.15, -0.1) is 0 Å². The summed E-state index contributed by atoms with van der Waals surface area (Å²) in [4.78, 5) is 0. The van der Waals surface area contributed by atoms with Gasteiger partial charge in [-0.3, -0.25) is 0 Å². The maximum absolute atomic E-state index is 2.48. The lowest BCUT2D eigenvalue weighted by molar-refractivity contribution is 0.722. The number of hydrogen-bond acceptors (Lipinski definition) is 0. The van der Waals surface area contributed by atoms with Crippen molar-refractivity contribution in [1.82, 2.24) is 0 Å². The van der Waals surface area contributed by atoms with E-state index in [1.807, 2.05) is 0 Å². The van der Waals surface area contributed by atoms with Crippen LogP contribution in [0.4, 0.5) is 0 Å². The highest BCUT2D eigenvalue weighted by atomic mass is 14.2. The molecular weight excluding hydrogens is 204 g/mol. The Kier molecular flexibility index (Phi) is 4.04. The summed E-state index contributed by atoms with van der Waals surface area (Å²) in [6.07, 6.45) is 15.9. The quantitative estimate of drug-likeness (QED) is 0.598. The third kappa shape index (κ3) is 3.00. The van der Waals surface area contributed by atoms with Gasteiger partial charge in [-0.1, -0.05) is 47.9 Å². The van der Waals surface area contributed by atoms with Gasteiger partial charge < -0.3 is 0 Å². The first kappa shape index (κ1) is 12.4. The minimum Gasteiger partial charge on any atom is -0.0807 e. The van der Waals surface area contributed by atoms with Gasteiger partial charge in [0.15, 0.2) is 0 Å². The molecule has 0 aromatic carbocycles. The van der Waals surface area contributed by atoms with Crippen LogP contribution in [0.1, 0.15) is 52.9 Å². The second kappa shape index (κ2) is 5.53. The number of allylic oxidation sites excluding steroid dienone is 8. The van der Waals surface area contributed by atoms with Crippen molar-refractivity contribution >= 4 is 0 Å². The molecule has 0 spiro atoms. The number of rotatable bonds is 2. The average Bonchev–Trinajstić information content (AvgIpc) is 2.54. The van der Waals surface area contributed by atoms with E-state index in [0.29, 0.717) is 5.92 Å². The Hall–Kier alpha value is -1.04. The first-order valence-corrected chi connectivity index (χ1v) is 6.95. The Morgan fingerprint density at radius 2 is 2.00 bits per heavy atom. The van der Waals surface area contributed by atoms with Crippen LogP contribution in [-0.4, -0.2) is 0 Å². The van der Waals surface area contributed by atoms with Gasteiger partial charge in [-0.2, -0.15) is 0 Å². The first-order valence-electron chi connectivity index (χ1n) is 6.95. The fourth-order valence-corrected chi connectivity index (χ4v) is 2.89. The van der Waals surface area contributed by atoms with Crippen LogP contribution in [0, 0.1) is 5.92 Å². The summed E-state index contributed by atoms with van der Waals surface area (Å²) in [6, 6.07) is 0. The molecule has 1 atom stereocenters. The molecule has 0 aliphatic heterocycles. The van der Waals surface area contributed by atoms with Gasteiger partial charge >= 0.3 is 0 Å². The van der Waals surface area contributed by atoms with Gasteiger partial charge in [0, 0.05) is 5.92 Å². The first-order chi connectivity index (χ1) is 8.20. The molecule has 0 aromatic heterocycles. The molecule has 0 fully saturated rings. The predicted octanol–water partition coefficient (Wildman–Crippen LogP) is 5.35. The molecule has 0 saturated carbocycles. The van der Waals surface area contributed by atoms with Crippen molar-refractivity contribution in [2.45, 2.75) is 52.9 Å². The molecule has 92 valence electrons. The van der Waals surface area contributed by atoms with Crippen LogP contribution < -0.4 is 0 Å². The topological polar surface area (TPSA) is 0 Å². The molecule has 2 aliphatic rings. The molecule has 0 bridgehead atoms. The maximum Gasteiger partial charge on any atom is 0.00801 e. The molecule has 0 N–H and O–H groups in total. The van der Waals surface area contributed by atoms with Crippen molar-refractivity contribution in [1.29, 1.82) is 0 Å². The van der Waals surface area contributed by atoms with E-state index in [1.54, 1.807) is 11.1 Å². The zero-order chi connectivity index (χ0) is 12.3. The van der Waals surface area contributed by atoms with Crippen LogP contribution in [-0.2, 0) is 0 Å². The molecule has 0 amide bonds. The molecule has 17 heavy (non-hydrogen) atoms. The van der Waals surface area contributed by atoms with Crippen molar-refractivity contribution in [2.24, 2.45) is 5.92 Å². The molecule has 0 aromatic rings. The highest BCUT2D eigenvalue weighted by molar-refractivity contribution is 5.38. The molecule has 0 nitrogen and oxygen atoms in total. The second-order valence-corrected chi connectivity index (χ2v) is 5.38. The lowest BCUT2D eigenvalue weighted by Crippen LogP contribution is -2.07. The third-order valence-electron chi connectivity index (χ3n) is 3.99. The molecule has 2 aliphatic carbocycles. The van der Waals surface area contributed by atoms with E-state index in [-0.39, 0.29) is 0 Å². The van der Waals surface area contributed by atoms with Crippen LogP contribution in [0.2, 0.25) is 0 Å². The minimum atomic E-state index is 0.637. The van der Waals surface area contributed by atoms with Gasteiger partial charge in [0.2, 0.25) is 0 Å². The van der Waals surface area contributed by atoms with Crippen LogP contribution in [0.3, 0.4) is 0 Å². The van der Waals surface area contributed by atoms with E-state index in [9.17, 15) is 0 Å². The van der Waals surface area contributed by atoms with Gasteiger partial charge in [-0.05, 0) is 51.5 Å². The Bertz CT molecular complexity index is 402. The normalized spacial score (nSPS) is 25.5. The standard InChI is InChI=1S/C17H24/c1-4-15-7-5-6-8-16(12-15)17-10-9-13(2)11-14(17)3/h8-9,11-12,17H,4-7,10H2,1-3H3. The van der Waals surface area contributed by atoms with Crippen LogP contribution in [0.25, 0.3) is 0 Å². The maximum atomic E-state index is 2.48. The summed E-state index contributed by atoms with van der Waals surface area (Å²) in [5.41, 5.74) is 6.15. The van der Waals surface area contributed by atoms with E-state index in [2.05, 4.69) is 45.1 Å². The van der Waals surface area contributed by atoms with Crippen molar-refractivity contribution < 1.29 is 0 Å². The summed E-state index contributed by atoms with van der Waals surface area (Å²) in [5.74, 6) is 0.637. The summed E-state index contributed by atoms with van der Waals surface area (Å²) < 4.78 is 0. The average molecular weight is 228 g/mol. The summed E-state index contributed by atoms with van der Waals surface area (Å²) >= 11 is 0. The summed E-state index contributed by atoms with van der Waals surface area (Å²) in [6.45, 7) is 6.77. The fraction of sp³-hybridized carbons (Fsp3) is 0.529.